The third-order valence-corrected chi connectivity index (χ3v) is 5.26. The maximum absolute atomic E-state index is 12.4. The van der Waals surface area contributed by atoms with Crippen LogP contribution < -0.4 is 10.2 Å². The summed E-state index contributed by atoms with van der Waals surface area (Å²) >= 11 is 6.36. The van der Waals surface area contributed by atoms with E-state index in [1.807, 2.05) is 32.9 Å². The predicted molar refractivity (Wildman–Crippen MR) is 122 cm³/mol. The molecule has 2 aliphatic rings. The molecule has 0 aliphatic carbocycles. The summed E-state index contributed by atoms with van der Waals surface area (Å²) in [5.41, 5.74) is 2.20. The van der Waals surface area contributed by atoms with E-state index in [0.29, 0.717) is 48.4 Å². The maximum atomic E-state index is 12.4. The van der Waals surface area contributed by atoms with Gasteiger partial charge in [0, 0.05) is 19.5 Å². The van der Waals surface area contributed by atoms with Crippen LogP contribution in [0.1, 0.15) is 39.3 Å². The van der Waals surface area contributed by atoms with Crippen molar-refractivity contribution in [2.45, 2.75) is 39.2 Å². The van der Waals surface area contributed by atoms with E-state index in [9.17, 15) is 9.59 Å². The summed E-state index contributed by atoms with van der Waals surface area (Å²) in [5.74, 6) is 0.435. The summed E-state index contributed by atoms with van der Waals surface area (Å²) in [6.45, 7) is 6.95. The van der Waals surface area contributed by atoms with Gasteiger partial charge < -0.3 is 19.9 Å². The normalized spacial score (nSPS) is 16.4. The molecule has 0 unspecified atom stereocenters. The van der Waals surface area contributed by atoms with E-state index in [2.05, 4.69) is 20.3 Å². The van der Waals surface area contributed by atoms with Crippen molar-refractivity contribution in [3.63, 3.8) is 0 Å². The van der Waals surface area contributed by atoms with Crippen LogP contribution in [0.4, 0.5) is 22.1 Å². The zero-order valence-electron chi connectivity index (χ0n) is 18.3. The first kappa shape index (κ1) is 22.0. The van der Waals surface area contributed by atoms with Gasteiger partial charge in [0.05, 0.1) is 47.2 Å². The Bertz CT molecular complexity index is 1080. The van der Waals surface area contributed by atoms with Crippen LogP contribution in [0.5, 0.6) is 0 Å². The van der Waals surface area contributed by atoms with E-state index < -0.39 is 5.60 Å². The quantitative estimate of drug-likeness (QED) is 0.741. The fraction of sp³-hybridized carbons (Fsp3) is 0.409. The Balaban J connectivity index is 1.48. The Labute approximate surface area is 191 Å². The number of carbonyl (C=O) groups excluding carboxylic acids is 2. The second kappa shape index (κ2) is 8.74. The number of ether oxygens (including phenoxy) is 1. The molecule has 32 heavy (non-hydrogen) atoms. The molecule has 0 bridgehead atoms. The average Bonchev–Trinajstić information content (AvgIpc) is 3.38. The lowest BCUT2D eigenvalue weighted by atomic mass is 10.2. The molecule has 1 saturated heterocycles. The molecule has 4 heterocycles. The third kappa shape index (κ3) is 4.99. The lowest BCUT2D eigenvalue weighted by molar-refractivity contribution is -0.117. The Morgan fingerprint density at radius 2 is 2.06 bits per heavy atom. The lowest BCUT2D eigenvalue weighted by Crippen LogP contribution is -2.35. The first-order valence-electron chi connectivity index (χ1n) is 10.4. The summed E-state index contributed by atoms with van der Waals surface area (Å²) in [5, 5.41) is 3.52. The van der Waals surface area contributed by atoms with E-state index in [4.69, 9.17) is 16.3 Å². The highest BCUT2D eigenvalue weighted by atomic mass is 35.5. The van der Waals surface area contributed by atoms with Gasteiger partial charge in [-0.2, -0.15) is 0 Å². The van der Waals surface area contributed by atoms with Gasteiger partial charge in [-0.3, -0.25) is 9.78 Å². The molecule has 0 aromatic carbocycles. The molecule has 0 saturated carbocycles. The standard InChI is InChI=1S/C22H25ClN6O3/c1-22(2,3)32-21(31)28-8-6-14(13-28)19-17(23)12-25-20(27-19)26-15-9-16(11-24-10-15)29-7-4-5-18(29)30/h6,9-12H,4-5,7-8,13H2,1-3H3,(H,25,26,27). The molecule has 0 atom stereocenters. The van der Waals surface area contributed by atoms with Crippen LogP contribution in [-0.4, -0.2) is 57.1 Å². The molecular formula is C22H25ClN6O3. The van der Waals surface area contributed by atoms with E-state index >= 15 is 0 Å². The number of aromatic nitrogens is 3. The zero-order chi connectivity index (χ0) is 22.9. The SMILES string of the molecule is CC(C)(C)OC(=O)N1CC=C(c2nc(Nc3cncc(N4CCCC4=O)c3)ncc2Cl)C1. The Morgan fingerprint density at radius 1 is 1.25 bits per heavy atom. The third-order valence-electron chi connectivity index (χ3n) is 4.98. The number of nitrogens with one attached hydrogen (secondary N) is 1. The topological polar surface area (TPSA) is 101 Å². The molecule has 2 aromatic heterocycles. The van der Waals surface area contributed by atoms with Gasteiger partial charge in [0.2, 0.25) is 11.9 Å². The first-order chi connectivity index (χ1) is 15.2. The van der Waals surface area contributed by atoms with Crippen molar-refractivity contribution < 1.29 is 14.3 Å². The summed E-state index contributed by atoms with van der Waals surface area (Å²) < 4.78 is 5.44. The van der Waals surface area contributed by atoms with Gasteiger partial charge in [-0.05, 0) is 38.8 Å². The number of rotatable bonds is 4. The van der Waals surface area contributed by atoms with Gasteiger partial charge in [-0.25, -0.2) is 14.8 Å². The number of hydrogen-bond acceptors (Lipinski definition) is 7. The van der Waals surface area contributed by atoms with Crippen molar-refractivity contribution >= 4 is 46.5 Å². The smallest absolute Gasteiger partial charge is 0.410 e. The molecule has 1 fully saturated rings. The Hall–Kier alpha value is -3.20. The van der Waals surface area contributed by atoms with E-state index in [1.54, 1.807) is 22.2 Å². The summed E-state index contributed by atoms with van der Waals surface area (Å²) in [6, 6.07) is 1.84. The van der Waals surface area contributed by atoms with E-state index in [-0.39, 0.29) is 12.0 Å². The second-order valence-corrected chi connectivity index (χ2v) is 9.09. The van der Waals surface area contributed by atoms with Crippen LogP contribution in [-0.2, 0) is 9.53 Å². The molecule has 1 N–H and O–H groups in total. The fourth-order valence-electron chi connectivity index (χ4n) is 3.54. The minimum atomic E-state index is -0.564. The number of anilines is 3. The molecule has 168 valence electrons. The van der Waals surface area contributed by atoms with Gasteiger partial charge >= 0.3 is 6.09 Å². The Morgan fingerprint density at radius 3 is 2.78 bits per heavy atom. The van der Waals surface area contributed by atoms with Crippen LogP contribution in [0, 0.1) is 0 Å². The van der Waals surface area contributed by atoms with Gasteiger partial charge in [0.15, 0.2) is 0 Å². The van der Waals surface area contributed by atoms with Crippen LogP contribution in [0.15, 0.2) is 30.7 Å². The van der Waals surface area contributed by atoms with Gasteiger partial charge in [0.25, 0.3) is 0 Å². The predicted octanol–water partition coefficient (Wildman–Crippen LogP) is 4.03. The van der Waals surface area contributed by atoms with E-state index in [1.165, 1.54) is 6.20 Å². The highest BCUT2D eigenvalue weighted by Crippen LogP contribution is 2.29. The Kier molecular flexibility index (Phi) is 6.01. The number of amides is 2. The molecule has 0 radical (unpaired) electrons. The van der Waals surface area contributed by atoms with Gasteiger partial charge in [0.1, 0.15) is 5.60 Å². The number of carbonyl (C=O) groups is 2. The number of halogens is 1. The molecule has 0 spiro atoms. The zero-order valence-corrected chi connectivity index (χ0v) is 19.0. The number of nitrogens with zero attached hydrogens (tertiary/aromatic N) is 5. The second-order valence-electron chi connectivity index (χ2n) is 8.69. The highest BCUT2D eigenvalue weighted by molar-refractivity contribution is 6.32. The molecule has 2 amide bonds. The summed E-state index contributed by atoms with van der Waals surface area (Å²) in [4.78, 5) is 40.7. The van der Waals surface area contributed by atoms with Crippen molar-refractivity contribution in [1.29, 1.82) is 0 Å². The minimum absolute atomic E-state index is 0.0942. The molecule has 9 nitrogen and oxygen atoms in total. The monoisotopic (exact) mass is 456 g/mol. The van der Waals surface area contributed by atoms with Crippen molar-refractivity contribution in [2.75, 3.05) is 29.9 Å². The fourth-order valence-corrected chi connectivity index (χ4v) is 3.75. The highest BCUT2D eigenvalue weighted by Gasteiger charge is 2.27. The van der Waals surface area contributed by atoms with Crippen LogP contribution >= 0.6 is 11.6 Å². The summed E-state index contributed by atoms with van der Waals surface area (Å²) in [7, 11) is 0. The average molecular weight is 457 g/mol. The van der Waals surface area contributed by atoms with Crippen molar-refractivity contribution in [3.8, 4) is 0 Å². The largest absolute Gasteiger partial charge is 0.444 e. The van der Waals surface area contributed by atoms with Gasteiger partial charge in [-0.1, -0.05) is 17.7 Å². The number of hydrogen-bond donors (Lipinski definition) is 1. The van der Waals surface area contributed by atoms with E-state index in [0.717, 1.165) is 17.7 Å². The molecule has 2 aromatic rings. The lowest BCUT2D eigenvalue weighted by Gasteiger charge is -2.24. The molecule has 2 aliphatic heterocycles. The minimum Gasteiger partial charge on any atom is -0.444 e. The maximum Gasteiger partial charge on any atom is 0.410 e. The van der Waals surface area contributed by atoms with Crippen molar-refractivity contribution in [1.82, 2.24) is 19.9 Å². The molecule has 4 rings (SSSR count). The van der Waals surface area contributed by atoms with Crippen LogP contribution in [0.3, 0.4) is 0 Å². The number of pyridine rings is 1. The van der Waals surface area contributed by atoms with Gasteiger partial charge in [-0.15, -0.1) is 0 Å². The van der Waals surface area contributed by atoms with Crippen molar-refractivity contribution in [2.24, 2.45) is 0 Å². The molecular weight excluding hydrogens is 432 g/mol. The van der Waals surface area contributed by atoms with Crippen LogP contribution in [0.2, 0.25) is 5.02 Å². The summed E-state index contributed by atoms with van der Waals surface area (Å²) in [6.07, 6.45) is 7.74. The van der Waals surface area contributed by atoms with Crippen LogP contribution in [0.25, 0.3) is 5.57 Å². The first-order valence-corrected chi connectivity index (χ1v) is 10.8. The van der Waals surface area contributed by atoms with Crippen molar-refractivity contribution in [3.05, 3.63) is 41.4 Å². The molecule has 10 heteroatoms.